The molecule has 0 atom stereocenters. The van der Waals surface area contributed by atoms with Gasteiger partial charge in [-0.3, -0.25) is 4.79 Å². The molecule has 0 spiro atoms. The van der Waals surface area contributed by atoms with Gasteiger partial charge in [-0.2, -0.15) is 0 Å². The van der Waals surface area contributed by atoms with E-state index in [9.17, 15) is 4.79 Å². The van der Waals surface area contributed by atoms with Crippen LogP contribution in [-0.4, -0.2) is 19.7 Å². The fourth-order valence-corrected chi connectivity index (χ4v) is 1.47. The van der Waals surface area contributed by atoms with Crippen molar-refractivity contribution in [3.8, 4) is 5.75 Å². The van der Waals surface area contributed by atoms with Crippen LogP contribution in [0.2, 0.25) is 0 Å². The zero-order chi connectivity index (χ0) is 13.1. The Morgan fingerprint density at radius 3 is 2.53 bits per heavy atom. The summed E-state index contributed by atoms with van der Waals surface area (Å²) in [6.07, 6.45) is 0. The van der Waals surface area contributed by atoms with Crippen molar-refractivity contribution in [2.45, 2.75) is 27.7 Å². The highest BCUT2D eigenvalue weighted by Gasteiger charge is 2.29. The van der Waals surface area contributed by atoms with E-state index in [1.807, 2.05) is 45.9 Å². The smallest absolute Gasteiger partial charge is 0.314 e. The molecule has 0 N–H and O–H groups in total. The second-order valence-electron chi connectivity index (χ2n) is 4.86. The molecule has 1 rings (SSSR count). The van der Waals surface area contributed by atoms with E-state index < -0.39 is 5.41 Å². The molecule has 1 aromatic carbocycles. The average molecular weight is 236 g/mol. The van der Waals surface area contributed by atoms with Crippen LogP contribution in [0.15, 0.2) is 18.2 Å². The highest BCUT2D eigenvalue weighted by atomic mass is 16.5. The predicted molar refractivity (Wildman–Crippen MR) is 67.2 cm³/mol. The van der Waals surface area contributed by atoms with Crippen molar-refractivity contribution in [2.24, 2.45) is 5.41 Å². The molecule has 0 aliphatic rings. The number of carbonyl (C=O) groups excluding carboxylic acids is 1. The minimum absolute atomic E-state index is 0.261. The zero-order valence-electron chi connectivity index (χ0n) is 11.2. The Labute approximate surface area is 103 Å². The van der Waals surface area contributed by atoms with Crippen molar-refractivity contribution in [1.29, 1.82) is 0 Å². The van der Waals surface area contributed by atoms with Gasteiger partial charge in [-0.25, -0.2) is 0 Å². The Hall–Kier alpha value is -1.51. The molecule has 0 radical (unpaired) electrons. The third kappa shape index (κ3) is 3.22. The van der Waals surface area contributed by atoms with Crippen molar-refractivity contribution in [2.75, 3.05) is 13.7 Å². The van der Waals surface area contributed by atoms with E-state index in [0.717, 1.165) is 11.3 Å². The van der Waals surface area contributed by atoms with E-state index >= 15 is 0 Å². The maximum Gasteiger partial charge on any atom is 0.314 e. The molecule has 3 nitrogen and oxygen atoms in total. The first-order chi connectivity index (χ1) is 7.88. The molecule has 0 aliphatic heterocycles. The first-order valence-corrected chi connectivity index (χ1v) is 5.66. The summed E-state index contributed by atoms with van der Waals surface area (Å²) in [5.41, 5.74) is 1.65. The number of esters is 1. The Balaban J connectivity index is 2.74. The summed E-state index contributed by atoms with van der Waals surface area (Å²) in [6.45, 7) is 7.97. The van der Waals surface area contributed by atoms with Gasteiger partial charge in [0.05, 0.1) is 12.5 Å². The lowest BCUT2D eigenvalue weighted by molar-refractivity contribution is -0.152. The van der Waals surface area contributed by atoms with E-state index in [0.29, 0.717) is 6.61 Å². The minimum Gasteiger partial charge on any atom is -0.492 e. The summed E-state index contributed by atoms with van der Waals surface area (Å²) in [6, 6.07) is 5.89. The molecule has 0 saturated carbocycles. The molecular formula is C14H20O3. The third-order valence-corrected chi connectivity index (χ3v) is 2.88. The van der Waals surface area contributed by atoms with Crippen molar-refractivity contribution in [1.82, 2.24) is 0 Å². The van der Waals surface area contributed by atoms with Crippen LogP contribution in [-0.2, 0) is 9.53 Å². The molecule has 3 heteroatoms. The van der Waals surface area contributed by atoms with Crippen molar-refractivity contribution in [3.05, 3.63) is 29.3 Å². The van der Waals surface area contributed by atoms with E-state index in [-0.39, 0.29) is 5.97 Å². The van der Waals surface area contributed by atoms with Gasteiger partial charge in [0, 0.05) is 0 Å². The number of hydrogen-bond acceptors (Lipinski definition) is 3. The van der Waals surface area contributed by atoms with Crippen molar-refractivity contribution >= 4 is 5.97 Å². The number of methoxy groups -OCH3 is 1. The molecule has 0 amide bonds. The van der Waals surface area contributed by atoms with E-state index in [1.54, 1.807) is 0 Å². The van der Waals surface area contributed by atoms with Gasteiger partial charge >= 0.3 is 5.97 Å². The van der Waals surface area contributed by atoms with Crippen molar-refractivity contribution < 1.29 is 14.3 Å². The predicted octanol–water partition coefficient (Wildman–Crippen LogP) is 2.88. The summed E-state index contributed by atoms with van der Waals surface area (Å²) in [5, 5.41) is 0. The number of rotatable bonds is 4. The highest BCUT2D eigenvalue weighted by molar-refractivity contribution is 5.75. The lowest BCUT2D eigenvalue weighted by Crippen LogP contribution is -2.32. The van der Waals surface area contributed by atoms with Gasteiger partial charge in [-0.15, -0.1) is 0 Å². The summed E-state index contributed by atoms with van der Waals surface area (Å²) >= 11 is 0. The first kappa shape index (κ1) is 13.6. The van der Waals surface area contributed by atoms with E-state index in [1.165, 1.54) is 12.7 Å². The fraction of sp³-hybridized carbons (Fsp3) is 0.500. The van der Waals surface area contributed by atoms with Crippen LogP contribution in [0, 0.1) is 19.3 Å². The Morgan fingerprint density at radius 2 is 1.94 bits per heavy atom. The van der Waals surface area contributed by atoms with Gasteiger partial charge in [0.2, 0.25) is 0 Å². The maximum absolute atomic E-state index is 11.5. The first-order valence-electron chi connectivity index (χ1n) is 5.66. The number of benzene rings is 1. The van der Waals surface area contributed by atoms with Crippen LogP contribution in [0.5, 0.6) is 5.75 Å². The van der Waals surface area contributed by atoms with E-state index in [4.69, 9.17) is 9.47 Å². The van der Waals surface area contributed by atoms with Gasteiger partial charge in [0.1, 0.15) is 12.4 Å². The monoisotopic (exact) mass is 236 g/mol. The van der Waals surface area contributed by atoms with Gasteiger partial charge < -0.3 is 9.47 Å². The fourth-order valence-electron chi connectivity index (χ4n) is 1.47. The van der Waals surface area contributed by atoms with Crippen LogP contribution in [0.4, 0.5) is 0 Å². The lowest BCUT2D eigenvalue weighted by atomic mass is 9.95. The highest BCUT2D eigenvalue weighted by Crippen LogP contribution is 2.24. The number of hydrogen-bond donors (Lipinski definition) is 0. The molecular weight excluding hydrogens is 216 g/mol. The van der Waals surface area contributed by atoms with Gasteiger partial charge in [0.15, 0.2) is 0 Å². The molecule has 94 valence electrons. The molecule has 0 bridgehead atoms. The largest absolute Gasteiger partial charge is 0.492 e. The molecule has 1 aromatic rings. The van der Waals surface area contributed by atoms with Crippen LogP contribution in [0.1, 0.15) is 25.0 Å². The maximum atomic E-state index is 11.5. The average Bonchev–Trinajstić information content (AvgIpc) is 2.30. The molecule has 0 heterocycles. The molecule has 0 unspecified atom stereocenters. The van der Waals surface area contributed by atoms with Crippen LogP contribution >= 0.6 is 0 Å². The van der Waals surface area contributed by atoms with Gasteiger partial charge in [0.25, 0.3) is 0 Å². The second-order valence-corrected chi connectivity index (χ2v) is 4.86. The van der Waals surface area contributed by atoms with Crippen molar-refractivity contribution in [3.63, 3.8) is 0 Å². The minimum atomic E-state index is -0.634. The van der Waals surface area contributed by atoms with Crippen LogP contribution < -0.4 is 4.74 Å². The quantitative estimate of drug-likeness (QED) is 0.754. The molecule has 0 fully saturated rings. The normalized spacial score (nSPS) is 11.1. The zero-order valence-corrected chi connectivity index (χ0v) is 11.2. The third-order valence-electron chi connectivity index (χ3n) is 2.88. The SMILES string of the molecule is COC(=O)C(C)(C)COc1cccc(C)c1C. The molecule has 0 saturated heterocycles. The summed E-state index contributed by atoms with van der Waals surface area (Å²) in [4.78, 5) is 11.5. The second kappa shape index (κ2) is 5.21. The molecule has 0 aromatic heterocycles. The number of aryl methyl sites for hydroxylation is 1. The van der Waals surface area contributed by atoms with E-state index in [2.05, 4.69) is 0 Å². The summed E-state index contributed by atoms with van der Waals surface area (Å²) in [7, 11) is 1.39. The van der Waals surface area contributed by atoms with Gasteiger partial charge in [-0.05, 0) is 44.9 Å². The molecule has 17 heavy (non-hydrogen) atoms. The number of ether oxygens (including phenoxy) is 2. The van der Waals surface area contributed by atoms with Crippen LogP contribution in [0.25, 0.3) is 0 Å². The Bertz CT molecular complexity index is 408. The standard InChI is InChI=1S/C14H20O3/c1-10-7-6-8-12(11(10)2)17-9-14(3,4)13(15)16-5/h6-8H,9H2,1-5H3. The Kier molecular flexibility index (Phi) is 4.16. The van der Waals surface area contributed by atoms with Gasteiger partial charge in [-0.1, -0.05) is 12.1 Å². The summed E-state index contributed by atoms with van der Waals surface area (Å²) in [5.74, 6) is 0.560. The summed E-state index contributed by atoms with van der Waals surface area (Å²) < 4.78 is 10.4. The topological polar surface area (TPSA) is 35.5 Å². The lowest BCUT2D eigenvalue weighted by Gasteiger charge is -2.22. The Morgan fingerprint density at radius 1 is 1.29 bits per heavy atom. The number of carbonyl (C=O) groups is 1. The van der Waals surface area contributed by atoms with Crippen LogP contribution in [0.3, 0.4) is 0 Å². The molecule has 0 aliphatic carbocycles.